The number of ether oxygens (including phenoxy) is 1. The number of aliphatic carboxylic acids is 1. The van der Waals surface area contributed by atoms with E-state index < -0.39 is 5.97 Å². The molecule has 3 atom stereocenters. The van der Waals surface area contributed by atoms with Crippen molar-refractivity contribution in [2.45, 2.75) is 39.0 Å². The zero-order valence-electron chi connectivity index (χ0n) is 12.6. The quantitative estimate of drug-likeness (QED) is 0.844. The van der Waals surface area contributed by atoms with Crippen molar-refractivity contribution in [1.82, 2.24) is 0 Å². The highest BCUT2D eigenvalue weighted by molar-refractivity contribution is 9.10. The summed E-state index contributed by atoms with van der Waals surface area (Å²) in [6, 6.07) is 6.03. The molecule has 0 radical (unpaired) electrons. The minimum absolute atomic E-state index is 0.200. The fraction of sp³-hybridized carbons (Fsp3) is 0.588. The molecule has 0 aromatic heterocycles. The van der Waals surface area contributed by atoms with Gasteiger partial charge in [0.15, 0.2) is 0 Å². The maximum Gasteiger partial charge on any atom is 0.306 e. The van der Waals surface area contributed by atoms with E-state index in [1.807, 2.05) is 18.2 Å². The number of hydrogen-bond donors (Lipinski definition) is 1. The molecule has 1 aliphatic carbocycles. The van der Waals surface area contributed by atoms with Gasteiger partial charge in [0.25, 0.3) is 0 Å². The molecule has 1 aromatic rings. The third-order valence-electron chi connectivity index (χ3n) is 4.70. The highest BCUT2D eigenvalue weighted by Crippen LogP contribution is 2.38. The average Bonchev–Trinajstić information content (AvgIpc) is 2.47. The largest absolute Gasteiger partial charge is 0.496 e. The van der Waals surface area contributed by atoms with Crippen molar-refractivity contribution in [3.63, 3.8) is 0 Å². The van der Waals surface area contributed by atoms with Crippen LogP contribution in [0.25, 0.3) is 0 Å². The van der Waals surface area contributed by atoms with Crippen molar-refractivity contribution < 1.29 is 14.6 Å². The molecule has 1 saturated carbocycles. The molecule has 1 aliphatic rings. The Hall–Kier alpha value is -1.03. The fourth-order valence-corrected chi connectivity index (χ4v) is 4.01. The summed E-state index contributed by atoms with van der Waals surface area (Å²) in [5.74, 6) is 0.883. The first kappa shape index (κ1) is 16.3. The predicted octanol–water partition coefficient (Wildman–Crippen LogP) is 4.53. The van der Waals surface area contributed by atoms with Crippen molar-refractivity contribution in [3.8, 4) is 5.75 Å². The molecular formula is C17H23BrO3. The molecule has 0 amide bonds. The lowest BCUT2D eigenvalue weighted by Gasteiger charge is -2.33. The van der Waals surface area contributed by atoms with E-state index in [-0.39, 0.29) is 11.8 Å². The Labute approximate surface area is 134 Å². The normalized spacial score (nSPS) is 25.6. The van der Waals surface area contributed by atoms with Crippen LogP contribution in [0.5, 0.6) is 5.75 Å². The molecule has 1 N–H and O–H groups in total. The van der Waals surface area contributed by atoms with E-state index >= 15 is 0 Å². The molecule has 1 fully saturated rings. The van der Waals surface area contributed by atoms with Gasteiger partial charge in [-0.1, -0.05) is 19.4 Å². The summed E-state index contributed by atoms with van der Waals surface area (Å²) in [7, 11) is 1.65. The minimum Gasteiger partial charge on any atom is -0.496 e. The molecule has 1 aromatic carbocycles. The molecule has 3 unspecified atom stereocenters. The lowest BCUT2D eigenvalue weighted by atomic mass is 9.71. The average molecular weight is 355 g/mol. The summed E-state index contributed by atoms with van der Waals surface area (Å²) in [5.41, 5.74) is 1.18. The van der Waals surface area contributed by atoms with Crippen molar-refractivity contribution in [2.75, 3.05) is 7.11 Å². The maximum atomic E-state index is 11.5. The van der Waals surface area contributed by atoms with Crippen LogP contribution in [-0.2, 0) is 11.2 Å². The van der Waals surface area contributed by atoms with Gasteiger partial charge in [0.1, 0.15) is 5.75 Å². The lowest BCUT2D eigenvalue weighted by molar-refractivity contribution is -0.145. The molecule has 116 valence electrons. The van der Waals surface area contributed by atoms with Crippen molar-refractivity contribution in [2.24, 2.45) is 17.8 Å². The monoisotopic (exact) mass is 354 g/mol. The number of carbonyl (C=O) groups is 1. The molecular weight excluding hydrogens is 332 g/mol. The van der Waals surface area contributed by atoms with Crippen LogP contribution in [0.15, 0.2) is 22.7 Å². The van der Waals surface area contributed by atoms with Gasteiger partial charge in [-0.3, -0.25) is 4.79 Å². The van der Waals surface area contributed by atoms with Gasteiger partial charge in [-0.25, -0.2) is 0 Å². The first-order valence-corrected chi connectivity index (χ1v) is 8.39. The van der Waals surface area contributed by atoms with E-state index in [1.54, 1.807) is 7.11 Å². The summed E-state index contributed by atoms with van der Waals surface area (Å²) in [5, 5.41) is 9.45. The summed E-state index contributed by atoms with van der Waals surface area (Å²) in [6.07, 6.45) is 4.87. The molecule has 3 nitrogen and oxygen atoms in total. The van der Waals surface area contributed by atoms with E-state index in [4.69, 9.17) is 4.74 Å². The summed E-state index contributed by atoms with van der Waals surface area (Å²) < 4.78 is 6.17. The summed E-state index contributed by atoms with van der Waals surface area (Å²) in [6.45, 7) is 2.20. The molecule has 4 heteroatoms. The van der Waals surface area contributed by atoms with E-state index in [2.05, 4.69) is 22.9 Å². The number of methoxy groups -OCH3 is 1. The maximum absolute atomic E-state index is 11.5. The highest BCUT2D eigenvalue weighted by Gasteiger charge is 2.34. The Kier molecular flexibility index (Phi) is 5.68. The van der Waals surface area contributed by atoms with Crippen LogP contribution >= 0.6 is 15.9 Å². The van der Waals surface area contributed by atoms with E-state index in [0.717, 1.165) is 42.3 Å². The second kappa shape index (κ2) is 7.30. The minimum atomic E-state index is -0.637. The Balaban J connectivity index is 2.13. The summed E-state index contributed by atoms with van der Waals surface area (Å²) in [4.78, 5) is 11.5. The second-order valence-corrected chi connectivity index (χ2v) is 6.82. The van der Waals surface area contributed by atoms with Gasteiger partial charge in [-0.05, 0) is 71.1 Å². The van der Waals surface area contributed by atoms with Crippen LogP contribution in [-0.4, -0.2) is 18.2 Å². The van der Waals surface area contributed by atoms with Crippen LogP contribution in [0.1, 0.15) is 38.2 Å². The van der Waals surface area contributed by atoms with Crippen molar-refractivity contribution in [3.05, 3.63) is 28.2 Å². The number of halogens is 1. The van der Waals surface area contributed by atoms with Gasteiger partial charge in [-0.15, -0.1) is 0 Å². The zero-order chi connectivity index (χ0) is 15.4. The molecule has 2 rings (SSSR count). The van der Waals surface area contributed by atoms with Gasteiger partial charge in [0.2, 0.25) is 0 Å². The molecule has 0 aliphatic heterocycles. The lowest BCUT2D eigenvalue weighted by Crippen LogP contribution is -2.31. The highest BCUT2D eigenvalue weighted by atomic mass is 79.9. The number of rotatable bonds is 5. The van der Waals surface area contributed by atoms with E-state index in [0.29, 0.717) is 5.92 Å². The second-order valence-electron chi connectivity index (χ2n) is 5.97. The van der Waals surface area contributed by atoms with Gasteiger partial charge in [-0.2, -0.15) is 0 Å². The van der Waals surface area contributed by atoms with Gasteiger partial charge >= 0.3 is 5.97 Å². The third-order valence-corrected chi connectivity index (χ3v) is 5.32. The Bertz CT molecular complexity index is 501. The first-order valence-electron chi connectivity index (χ1n) is 7.60. The van der Waals surface area contributed by atoms with Crippen LogP contribution < -0.4 is 4.74 Å². The number of hydrogen-bond acceptors (Lipinski definition) is 2. The molecule has 21 heavy (non-hydrogen) atoms. The SMILES string of the molecule is CCC1CCC(C(=O)O)C(Cc2ccc(OC)c(Br)c2)C1. The zero-order valence-corrected chi connectivity index (χ0v) is 14.2. The van der Waals surface area contributed by atoms with Crippen LogP contribution in [0.4, 0.5) is 0 Å². The van der Waals surface area contributed by atoms with Gasteiger partial charge in [0.05, 0.1) is 17.5 Å². The molecule has 0 bridgehead atoms. The van der Waals surface area contributed by atoms with Crippen LogP contribution in [0.3, 0.4) is 0 Å². The number of carboxylic acid groups (broad SMARTS) is 1. The molecule has 0 saturated heterocycles. The topological polar surface area (TPSA) is 46.5 Å². The smallest absolute Gasteiger partial charge is 0.306 e. The number of carboxylic acids is 1. The summed E-state index contributed by atoms with van der Waals surface area (Å²) >= 11 is 3.50. The Morgan fingerprint density at radius 1 is 1.43 bits per heavy atom. The predicted molar refractivity (Wildman–Crippen MR) is 86.6 cm³/mol. The van der Waals surface area contributed by atoms with Crippen molar-refractivity contribution >= 4 is 21.9 Å². The Morgan fingerprint density at radius 2 is 2.19 bits per heavy atom. The van der Waals surface area contributed by atoms with Gasteiger partial charge in [0, 0.05) is 0 Å². The number of benzene rings is 1. The van der Waals surface area contributed by atoms with E-state index in [9.17, 15) is 9.90 Å². The Morgan fingerprint density at radius 3 is 2.76 bits per heavy atom. The first-order chi connectivity index (χ1) is 10.0. The fourth-order valence-electron chi connectivity index (χ4n) is 3.42. The van der Waals surface area contributed by atoms with Gasteiger partial charge < -0.3 is 9.84 Å². The third kappa shape index (κ3) is 4.00. The van der Waals surface area contributed by atoms with Crippen LogP contribution in [0, 0.1) is 17.8 Å². The molecule has 0 heterocycles. The standard InChI is InChI=1S/C17H23BrO3/c1-3-11-4-6-14(17(19)20)13(8-11)9-12-5-7-16(21-2)15(18)10-12/h5,7,10-11,13-14H,3-4,6,8-9H2,1-2H3,(H,19,20). The van der Waals surface area contributed by atoms with E-state index in [1.165, 1.54) is 5.56 Å². The molecule has 0 spiro atoms. The van der Waals surface area contributed by atoms with Crippen molar-refractivity contribution in [1.29, 1.82) is 0 Å². The van der Waals surface area contributed by atoms with Crippen LogP contribution in [0.2, 0.25) is 0 Å².